The van der Waals surface area contributed by atoms with Crippen LogP contribution in [0.2, 0.25) is 0 Å². The van der Waals surface area contributed by atoms with Crippen LogP contribution in [0.3, 0.4) is 0 Å². The molecule has 0 aliphatic rings. The maximum Gasteiger partial charge on any atom is 0.248 e. The third-order valence-corrected chi connectivity index (χ3v) is 3.46. The highest BCUT2D eigenvalue weighted by molar-refractivity contribution is 5.60. The second kappa shape index (κ2) is 8.17. The molecule has 0 aliphatic heterocycles. The first-order valence-corrected chi connectivity index (χ1v) is 7.92. The molecule has 3 N–H and O–H groups in total. The van der Waals surface area contributed by atoms with Crippen molar-refractivity contribution < 1.29 is 14.2 Å². The lowest BCUT2D eigenvalue weighted by atomic mass is 10.2. The number of methoxy groups -OCH3 is 2. The number of nitrogen functional groups attached to an aromatic ring is 1. The molecule has 0 saturated carbocycles. The van der Waals surface area contributed by atoms with Gasteiger partial charge in [0.15, 0.2) is 17.3 Å². The van der Waals surface area contributed by atoms with Crippen molar-refractivity contribution in [3.8, 4) is 17.3 Å². The summed E-state index contributed by atoms with van der Waals surface area (Å²) in [5.41, 5.74) is 6.67. The van der Waals surface area contributed by atoms with E-state index in [1.165, 1.54) is 4.68 Å². The minimum atomic E-state index is 0.233. The average Bonchev–Trinajstić information content (AvgIpc) is 3.03. The molecule has 26 heavy (non-hydrogen) atoms. The van der Waals surface area contributed by atoms with E-state index < -0.39 is 0 Å². The van der Waals surface area contributed by atoms with Gasteiger partial charge in [0.05, 0.1) is 13.7 Å². The van der Waals surface area contributed by atoms with Gasteiger partial charge in [0, 0.05) is 25.1 Å². The number of ether oxygens (including phenoxy) is 3. The summed E-state index contributed by atoms with van der Waals surface area (Å²) in [5, 5.41) is 7.44. The molecule has 0 radical (unpaired) electrons. The van der Waals surface area contributed by atoms with Crippen molar-refractivity contribution in [1.29, 1.82) is 0 Å². The normalized spacial score (nSPS) is 10.5. The van der Waals surface area contributed by atoms with E-state index >= 15 is 0 Å². The number of anilines is 3. The van der Waals surface area contributed by atoms with Crippen LogP contribution in [0.1, 0.15) is 0 Å². The fraction of sp³-hybridized carbons (Fsp3) is 0.235. The van der Waals surface area contributed by atoms with Crippen LogP contribution in [0, 0.1) is 0 Å². The molecule has 0 fully saturated rings. The minimum Gasteiger partial charge on any atom is -0.493 e. The Balaban J connectivity index is 1.79. The Morgan fingerprint density at radius 2 is 2.00 bits per heavy atom. The molecule has 9 heteroatoms. The molecule has 136 valence electrons. The van der Waals surface area contributed by atoms with Gasteiger partial charge in [-0.3, -0.25) is 0 Å². The lowest BCUT2D eigenvalue weighted by molar-refractivity contribution is 0.144. The van der Waals surface area contributed by atoms with Crippen LogP contribution in [0.5, 0.6) is 11.5 Å². The first-order valence-electron chi connectivity index (χ1n) is 7.92. The molecule has 0 unspecified atom stereocenters. The van der Waals surface area contributed by atoms with Crippen molar-refractivity contribution in [2.75, 3.05) is 38.5 Å². The highest BCUT2D eigenvalue weighted by atomic mass is 16.5. The van der Waals surface area contributed by atoms with Crippen molar-refractivity contribution in [1.82, 2.24) is 19.7 Å². The zero-order chi connectivity index (χ0) is 18.4. The van der Waals surface area contributed by atoms with Crippen LogP contribution in [-0.4, -0.2) is 47.2 Å². The molecule has 3 rings (SSSR count). The predicted molar refractivity (Wildman–Crippen MR) is 97.2 cm³/mol. The molecule has 0 saturated heterocycles. The summed E-state index contributed by atoms with van der Waals surface area (Å²) in [7, 11) is 3.20. The molecule has 0 spiro atoms. The summed E-state index contributed by atoms with van der Waals surface area (Å²) in [6, 6.07) is 10.9. The first kappa shape index (κ1) is 17.5. The Hall–Kier alpha value is -3.33. The highest BCUT2D eigenvalue weighted by Gasteiger charge is 2.11. The van der Waals surface area contributed by atoms with Gasteiger partial charge in [0.25, 0.3) is 0 Å². The van der Waals surface area contributed by atoms with Gasteiger partial charge in [-0.25, -0.2) is 4.98 Å². The summed E-state index contributed by atoms with van der Waals surface area (Å²) in [4.78, 5) is 8.43. The molecule has 3 aromatic rings. The zero-order valence-corrected chi connectivity index (χ0v) is 14.5. The van der Waals surface area contributed by atoms with Crippen molar-refractivity contribution in [3.63, 3.8) is 0 Å². The van der Waals surface area contributed by atoms with E-state index in [9.17, 15) is 0 Å². The summed E-state index contributed by atoms with van der Waals surface area (Å²) >= 11 is 0. The fourth-order valence-corrected chi connectivity index (χ4v) is 2.26. The van der Waals surface area contributed by atoms with E-state index in [1.54, 1.807) is 38.6 Å². The average molecular weight is 356 g/mol. The van der Waals surface area contributed by atoms with Crippen LogP contribution in [0.15, 0.2) is 42.6 Å². The number of benzene rings is 1. The van der Waals surface area contributed by atoms with Crippen molar-refractivity contribution in [3.05, 3.63) is 42.6 Å². The lowest BCUT2D eigenvalue weighted by Gasteiger charge is -2.12. The van der Waals surface area contributed by atoms with Crippen LogP contribution in [0.25, 0.3) is 5.82 Å². The minimum absolute atomic E-state index is 0.233. The number of nitrogens with one attached hydrogen (secondary N) is 1. The van der Waals surface area contributed by atoms with Gasteiger partial charge in [0.1, 0.15) is 6.61 Å². The standard InChI is InChI=1S/C17H20N6O3/c1-24-9-10-26-14-11-12(6-7-13(14)25-2)20-17-21-16(18)23(22-17)15-5-3-4-8-19-15/h3-8,11H,9-10H2,1-2H3,(H3,18,20,21,22). The number of aromatic nitrogens is 4. The van der Waals surface area contributed by atoms with Crippen LogP contribution < -0.4 is 20.5 Å². The largest absolute Gasteiger partial charge is 0.493 e. The second-order valence-electron chi connectivity index (χ2n) is 5.23. The molecule has 9 nitrogen and oxygen atoms in total. The van der Waals surface area contributed by atoms with Gasteiger partial charge >= 0.3 is 0 Å². The van der Waals surface area contributed by atoms with Gasteiger partial charge in [-0.05, 0) is 24.3 Å². The molecule has 1 aromatic carbocycles. The van der Waals surface area contributed by atoms with E-state index in [2.05, 4.69) is 20.4 Å². The number of nitrogens with two attached hydrogens (primary N) is 1. The van der Waals surface area contributed by atoms with Crippen LogP contribution in [0.4, 0.5) is 17.6 Å². The van der Waals surface area contributed by atoms with Gasteiger partial charge in [-0.1, -0.05) is 6.07 Å². The molecular weight excluding hydrogens is 336 g/mol. The maximum atomic E-state index is 5.93. The number of hydrogen-bond acceptors (Lipinski definition) is 8. The van der Waals surface area contributed by atoms with Crippen molar-refractivity contribution in [2.45, 2.75) is 0 Å². The van der Waals surface area contributed by atoms with Crippen LogP contribution in [-0.2, 0) is 4.74 Å². The molecule has 0 atom stereocenters. The first-order chi connectivity index (χ1) is 12.7. The Morgan fingerprint density at radius 3 is 2.73 bits per heavy atom. The van der Waals surface area contributed by atoms with Gasteiger partial charge in [-0.15, -0.1) is 5.10 Å². The third-order valence-electron chi connectivity index (χ3n) is 3.46. The van der Waals surface area contributed by atoms with E-state index in [0.717, 1.165) is 5.69 Å². The van der Waals surface area contributed by atoms with E-state index in [-0.39, 0.29) is 5.95 Å². The van der Waals surface area contributed by atoms with Crippen molar-refractivity contribution in [2.24, 2.45) is 0 Å². The third kappa shape index (κ3) is 4.01. The molecule has 0 amide bonds. The fourth-order valence-electron chi connectivity index (χ4n) is 2.26. The Morgan fingerprint density at radius 1 is 1.12 bits per heavy atom. The van der Waals surface area contributed by atoms with E-state index in [1.807, 2.05) is 18.2 Å². The Labute approximate surface area is 150 Å². The SMILES string of the molecule is COCCOc1cc(Nc2nc(N)n(-c3ccccn3)n2)ccc1OC. The molecule has 0 bridgehead atoms. The highest BCUT2D eigenvalue weighted by Crippen LogP contribution is 2.31. The zero-order valence-electron chi connectivity index (χ0n) is 14.5. The molecular formula is C17H20N6O3. The maximum absolute atomic E-state index is 5.93. The smallest absolute Gasteiger partial charge is 0.248 e. The number of hydrogen-bond donors (Lipinski definition) is 2. The van der Waals surface area contributed by atoms with Crippen molar-refractivity contribution >= 4 is 17.6 Å². The topological polar surface area (TPSA) is 109 Å². The molecule has 2 heterocycles. The van der Waals surface area contributed by atoms with Crippen LogP contribution >= 0.6 is 0 Å². The predicted octanol–water partition coefficient (Wildman–Crippen LogP) is 2.02. The monoisotopic (exact) mass is 356 g/mol. The quantitative estimate of drug-likeness (QED) is 0.590. The van der Waals surface area contributed by atoms with Gasteiger partial charge in [0.2, 0.25) is 11.9 Å². The number of nitrogens with zero attached hydrogens (tertiary/aromatic N) is 4. The number of rotatable bonds is 8. The van der Waals surface area contributed by atoms with E-state index in [4.69, 9.17) is 19.9 Å². The summed E-state index contributed by atoms with van der Waals surface area (Å²) < 4.78 is 17.4. The summed E-state index contributed by atoms with van der Waals surface area (Å²) in [6.07, 6.45) is 1.66. The van der Waals surface area contributed by atoms with Gasteiger partial charge < -0.3 is 25.3 Å². The summed E-state index contributed by atoms with van der Waals surface area (Å²) in [5.74, 6) is 2.38. The number of pyridine rings is 1. The summed E-state index contributed by atoms with van der Waals surface area (Å²) in [6.45, 7) is 0.892. The van der Waals surface area contributed by atoms with E-state index in [0.29, 0.717) is 36.5 Å². The lowest BCUT2D eigenvalue weighted by Crippen LogP contribution is -2.06. The second-order valence-corrected chi connectivity index (χ2v) is 5.23. The molecule has 0 aliphatic carbocycles. The van der Waals surface area contributed by atoms with Gasteiger partial charge in [-0.2, -0.15) is 9.67 Å². The molecule has 2 aromatic heterocycles. The Kier molecular flexibility index (Phi) is 5.49. The Bertz CT molecular complexity index is 853.